The molecule has 0 aliphatic rings. The highest BCUT2D eigenvalue weighted by Crippen LogP contribution is 2.16. The smallest absolute Gasteiger partial charge is 0.320 e. The molecule has 0 unspecified atom stereocenters. The molecule has 0 saturated carbocycles. The molecule has 7 heteroatoms. The molecule has 0 amide bonds. The molecule has 0 saturated heterocycles. The van der Waals surface area contributed by atoms with E-state index in [0.29, 0.717) is 37.0 Å². The summed E-state index contributed by atoms with van der Waals surface area (Å²) in [4.78, 5) is 4.14. The van der Waals surface area contributed by atoms with Gasteiger partial charge in [-0.25, -0.2) is 4.98 Å². The van der Waals surface area contributed by atoms with E-state index in [1.807, 2.05) is 13.0 Å². The molecule has 0 aliphatic heterocycles. The summed E-state index contributed by atoms with van der Waals surface area (Å²) in [5, 5.41) is 14.1. The SMILES string of the molecule is CCOc1ccc(Nc2nnc(CNC(C)C)o2)cn1. The summed E-state index contributed by atoms with van der Waals surface area (Å²) in [7, 11) is 0. The van der Waals surface area contributed by atoms with Crippen LogP contribution in [0.2, 0.25) is 0 Å². The van der Waals surface area contributed by atoms with Crippen LogP contribution in [-0.4, -0.2) is 27.8 Å². The van der Waals surface area contributed by atoms with Crippen molar-refractivity contribution in [2.24, 2.45) is 0 Å². The fourth-order valence-electron chi connectivity index (χ4n) is 1.48. The van der Waals surface area contributed by atoms with Crippen LogP contribution in [0, 0.1) is 0 Å². The summed E-state index contributed by atoms with van der Waals surface area (Å²) >= 11 is 0. The Hall–Kier alpha value is -2.15. The maximum atomic E-state index is 5.46. The lowest BCUT2D eigenvalue weighted by atomic mass is 10.4. The zero-order valence-corrected chi connectivity index (χ0v) is 11.9. The van der Waals surface area contributed by atoms with Gasteiger partial charge in [-0.15, -0.1) is 5.10 Å². The van der Waals surface area contributed by atoms with Crippen molar-refractivity contribution in [2.45, 2.75) is 33.4 Å². The third-order valence-corrected chi connectivity index (χ3v) is 2.41. The second-order valence-corrected chi connectivity index (χ2v) is 4.48. The molecule has 2 N–H and O–H groups in total. The number of pyridine rings is 1. The highest BCUT2D eigenvalue weighted by Gasteiger charge is 2.07. The van der Waals surface area contributed by atoms with Crippen LogP contribution >= 0.6 is 0 Å². The summed E-state index contributed by atoms with van der Waals surface area (Å²) < 4.78 is 10.7. The summed E-state index contributed by atoms with van der Waals surface area (Å²) in [6.45, 7) is 7.17. The molecular weight excluding hydrogens is 258 g/mol. The van der Waals surface area contributed by atoms with Gasteiger partial charge in [0, 0.05) is 12.1 Å². The van der Waals surface area contributed by atoms with E-state index in [0.717, 1.165) is 5.69 Å². The second kappa shape index (κ2) is 6.85. The third kappa shape index (κ3) is 4.20. The topological polar surface area (TPSA) is 85.1 Å². The number of nitrogens with one attached hydrogen (secondary N) is 2. The van der Waals surface area contributed by atoms with Crippen LogP contribution in [0.3, 0.4) is 0 Å². The van der Waals surface area contributed by atoms with Crippen LogP contribution in [0.25, 0.3) is 0 Å². The van der Waals surface area contributed by atoms with Gasteiger partial charge in [-0.3, -0.25) is 0 Å². The van der Waals surface area contributed by atoms with Crippen LogP contribution in [0.15, 0.2) is 22.7 Å². The average molecular weight is 277 g/mol. The number of hydrogen-bond acceptors (Lipinski definition) is 7. The Morgan fingerprint density at radius 1 is 1.30 bits per heavy atom. The van der Waals surface area contributed by atoms with E-state index < -0.39 is 0 Å². The first kappa shape index (κ1) is 14.3. The molecule has 2 aromatic rings. The monoisotopic (exact) mass is 277 g/mol. The highest BCUT2D eigenvalue weighted by atomic mass is 16.5. The molecule has 20 heavy (non-hydrogen) atoms. The number of ether oxygens (including phenoxy) is 1. The van der Waals surface area contributed by atoms with Crippen molar-refractivity contribution in [3.8, 4) is 5.88 Å². The van der Waals surface area contributed by atoms with Crippen molar-refractivity contribution in [1.82, 2.24) is 20.5 Å². The normalized spacial score (nSPS) is 10.8. The average Bonchev–Trinajstić information content (AvgIpc) is 2.87. The van der Waals surface area contributed by atoms with E-state index in [4.69, 9.17) is 9.15 Å². The summed E-state index contributed by atoms with van der Waals surface area (Å²) in [6, 6.07) is 4.34. The molecule has 2 aromatic heterocycles. The molecule has 0 spiro atoms. The number of hydrogen-bond donors (Lipinski definition) is 2. The van der Waals surface area contributed by atoms with Crippen molar-refractivity contribution in [3.63, 3.8) is 0 Å². The zero-order chi connectivity index (χ0) is 14.4. The van der Waals surface area contributed by atoms with Crippen molar-refractivity contribution in [2.75, 3.05) is 11.9 Å². The van der Waals surface area contributed by atoms with Gasteiger partial charge in [-0.2, -0.15) is 0 Å². The molecule has 2 rings (SSSR count). The van der Waals surface area contributed by atoms with Gasteiger partial charge < -0.3 is 19.8 Å². The van der Waals surface area contributed by atoms with E-state index in [-0.39, 0.29) is 0 Å². The fourth-order valence-corrected chi connectivity index (χ4v) is 1.48. The molecule has 0 bridgehead atoms. The van der Waals surface area contributed by atoms with Crippen LogP contribution < -0.4 is 15.4 Å². The van der Waals surface area contributed by atoms with Crippen LogP contribution in [-0.2, 0) is 6.54 Å². The Morgan fingerprint density at radius 3 is 2.80 bits per heavy atom. The van der Waals surface area contributed by atoms with E-state index >= 15 is 0 Å². The molecular formula is C13H19N5O2. The Bertz CT molecular complexity index is 524. The fraction of sp³-hybridized carbons (Fsp3) is 0.462. The molecule has 108 valence electrons. The summed E-state index contributed by atoms with van der Waals surface area (Å²) in [5.41, 5.74) is 0.764. The van der Waals surface area contributed by atoms with E-state index in [1.54, 1.807) is 12.3 Å². The number of nitrogens with zero attached hydrogens (tertiary/aromatic N) is 3. The number of anilines is 2. The Kier molecular flexibility index (Phi) is 4.89. The first-order chi connectivity index (χ1) is 9.67. The largest absolute Gasteiger partial charge is 0.478 e. The molecule has 0 aromatic carbocycles. The minimum atomic E-state index is 0.344. The minimum absolute atomic E-state index is 0.344. The molecule has 7 nitrogen and oxygen atoms in total. The van der Waals surface area contributed by atoms with E-state index in [9.17, 15) is 0 Å². The van der Waals surface area contributed by atoms with Gasteiger partial charge in [-0.1, -0.05) is 18.9 Å². The second-order valence-electron chi connectivity index (χ2n) is 4.48. The van der Waals surface area contributed by atoms with Gasteiger partial charge in [-0.05, 0) is 13.0 Å². The van der Waals surface area contributed by atoms with Crippen LogP contribution in [0.5, 0.6) is 5.88 Å². The van der Waals surface area contributed by atoms with Crippen molar-refractivity contribution >= 4 is 11.7 Å². The standard InChI is InChI=1S/C13H19N5O2/c1-4-19-11-6-5-10(7-15-11)16-13-18-17-12(20-13)8-14-9(2)3/h5-7,9,14H,4,8H2,1-3H3,(H,16,18). The Labute approximate surface area is 117 Å². The van der Waals surface area contributed by atoms with Gasteiger partial charge in [0.05, 0.1) is 25.0 Å². The molecule has 0 radical (unpaired) electrons. The maximum Gasteiger partial charge on any atom is 0.320 e. The third-order valence-electron chi connectivity index (χ3n) is 2.41. The first-order valence-corrected chi connectivity index (χ1v) is 6.59. The van der Waals surface area contributed by atoms with Crippen molar-refractivity contribution in [1.29, 1.82) is 0 Å². The lowest BCUT2D eigenvalue weighted by Crippen LogP contribution is -2.21. The van der Waals surface area contributed by atoms with Crippen molar-refractivity contribution in [3.05, 3.63) is 24.2 Å². The van der Waals surface area contributed by atoms with Crippen molar-refractivity contribution < 1.29 is 9.15 Å². The quantitative estimate of drug-likeness (QED) is 0.801. The van der Waals surface area contributed by atoms with Gasteiger partial charge >= 0.3 is 6.01 Å². The van der Waals surface area contributed by atoms with Crippen LogP contribution in [0.4, 0.5) is 11.7 Å². The molecule has 0 aliphatic carbocycles. The highest BCUT2D eigenvalue weighted by molar-refractivity contribution is 5.50. The van der Waals surface area contributed by atoms with Gasteiger partial charge in [0.15, 0.2) is 0 Å². The van der Waals surface area contributed by atoms with E-state index in [1.165, 1.54) is 0 Å². The predicted octanol–water partition coefficient (Wildman–Crippen LogP) is 2.10. The van der Waals surface area contributed by atoms with Crippen LogP contribution in [0.1, 0.15) is 26.7 Å². The molecule has 0 fully saturated rings. The lowest BCUT2D eigenvalue weighted by Gasteiger charge is -2.04. The predicted molar refractivity (Wildman–Crippen MR) is 75.0 cm³/mol. The zero-order valence-electron chi connectivity index (χ0n) is 11.9. The maximum absolute atomic E-state index is 5.46. The summed E-state index contributed by atoms with van der Waals surface area (Å²) in [6.07, 6.45) is 1.65. The lowest BCUT2D eigenvalue weighted by molar-refractivity contribution is 0.327. The van der Waals surface area contributed by atoms with Gasteiger partial charge in [0.2, 0.25) is 11.8 Å². The Balaban J connectivity index is 1.92. The van der Waals surface area contributed by atoms with Gasteiger partial charge in [0.25, 0.3) is 0 Å². The first-order valence-electron chi connectivity index (χ1n) is 6.59. The minimum Gasteiger partial charge on any atom is -0.478 e. The number of aromatic nitrogens is 3. The van der Waals surface area contributed by atoms with E-state index in [2.05, 4.69) is 39.7 Å². The number of rotatable bonds is 7. The molecule has 2 heterocycles. The Morgan fingerprint density at radius 2 is 2.15 bits per heavy atom. The molecule has 0 atom stereocenters. The summed E-state index contributed by atoms with van der Waals surface area (Å²) in [5.74, 6) is 1.13. The van der Waals surface area contributed by atoms with Gasteiger partial charge in [0.1, 0.15) is 0 Å².